The summed E-state index contributed by atoms with van der Waals surface area (Å²) in [7, 11) is 1.62. The minimum absolute atomic E-state index is 0.290. The summed E-state index contributed by atoms with van der Waals surface area (Å²) in [6.07, 6.45) is 0. The number of hydrogen-bond acceptors (Lipinski definition) is 3. The van der Waals surface area contributed by atoms with E-state index in [1.165, 1.54) is 11.3 Å². The number of halogens is 1. The molecule has 1 aromatic carbocycles. The van der Waals surface area contributed by atoms with E-state index in [0.717, 1.165) is 20.3 Å². The molecule has 0 saturated heterocycles. The fourth-order valence-corrected chi connectivity index (χ4v) is 2.58. The molecule has 0 atom stereocenters. The average molecular weight is 259 g/mol. The molecule has 4 heteroatoms. The molecule has 0 aliphatic carbocycles. The van der Waals surface area contributed by atoms with Crippen molar-refractivity contribution >= 4 is 37.4 Å². The zero-order valence-corrected chi connectivity index (χ0v) is 9.28. The molecule has 1 N–H and O–H groups in total. The number of benzene rings is 1. The Balaban J connectivity index is 2.82. The zero-order valence-electron chi connectivity index (χ0n) is 6.87. The van der Waals surface area contributed by atoms with E-state index in [0.29, 0.717) is 0 Å². The van der Waals surface area contributed by atoms with Crippen molar-refractivity contribution in [1.29, 1.82) is 0 Å². The first-order chi connectivity index (χ1) is 6.22. The van der Waals surface area contributed by atoms with Gasteiger partial charge < -0.3 is 9.84 Å². The molecule has 2 rings (SSSR count). The number of ether oxygens (including phenoxy) is 1. The number of fused-ring (bicyclic) bond motifs is 1. The summed E-state index contributed by atoms with van der Waals surface area (Å²) in [5.41, 5.74) is 0. The van der Waals surface area contributed by atoms with E-state index in [2.05, 4.69) is 15.9 Å². The van der Waals surface area contributed by atoms with Crippen LogP contribution < -0.4 is 4.74 Å². The van der Waals surface area contributed by atoms with E-state index < -0.39 is 0 Å². The molecule has 0 aliphatic heterocycles. The molecule has 0 fully saturated rings. The monoisotopic (exact) mass is 258 g/mol. The van der Waals surface area contributed by atoms with E-state index in [1.54, 1.807) is 13.2 Å². The molecule has 0 radical (unpaired) electrons. The topological polar surface area (TPSA) is 29.5 Å². The first-order valence-electron chi connectivity index (χ1n) is 3.66. The molecule has 13 heavy (non-hydrogen) atoms. The molecule has 2 aromatic rings. The number of rotatable bonds is 1. The summed E-state index contributed by atoms with van der Waals surface area (Å²) < 4.78 is 6.87. The van der Waals surface area contributed by atoms with Crippen molar-refractivity contribution in [2.75, 3.05) is 7.11 Å². The first kappa shape index (κ1) is 8.84. The van der Waals surface area contributed by atoms with Crippen molar-refractivity contribution in [1.82, 2.24) is 0 Å². The van der Waals surface area contributed by atoms with Gasteiger partial charge in [0, 0.05) is 15.2 Å². The number of aromatic hydroxyl groups is 1. The first-order valence-corrected chi connectivity index (χ1v) is 5.33. The van der Waals surface area contributed by atoms with Gasteiger partial charge in [-0.15, -0.1) is 11.3 Å². The van der Waals surface area contributed by atoms with Gasteiger partial charge in [0.2, 0.25) is 0 Å². The van der Waals surface area contributed by atoms with E-state index in [4.69, 9.17) is 4.74 Å². The second kappa shape index (κ2) is 3.20. The lowest BCUT2D eigenvalue weighted by molar-refractivity contribution is 0.421. The summed E-state index contributed by atoms with van der Waals surface area (Å²) in [6, 6.07) is 3.61. The summed E-state index contributed by atoms with van der Waals surface area (Å²) >= 11 is 4.80. The fourth-order valence-electron chi connectivity index (χ4n) is 1.22. The standard InChI is InChI=1S/C9H7BrO2S/c1-12-8-4-13-9-6(8)2-5(10)3-7(9)11/h2-4,11H,1H3. The van der Waals surface area contributed by atoms with Crippen molar-refractivity contribution in [2.45, 2.75) is 0 Å². The predicted molar refractivity (Wildman–Crippen MR) is 57.7 cm³/mol. The van der Waals surface area contributed by atoms with Crippen LogP contribution in [-0.4, -0.2) is 12.2 Å². The minimum atomic E-state index is 0.290. The highest BCUT2D eigenvalue weighted by atomic mass is 79.9. The zero-order chi connectivity index (χ0) is 9.42. The van der Waals surface area contributed by atoms with Gasteiger partial charge in [0.05, 0.1) is 11.8 Å². The molecule has 1 aromatic heterocycles. The SMILES string of the molecule is COc1csc2c(O)cc(Br)cc12. The highest BCUT2D eigenvalue weighted by Gasteiger charge is 2.08. The number of phenolic OH excluding ortho intramolecular Hbond substituents is 1. The Bertz CT molecular complexity index is 450. The Kier molecular flexibility index (Phi) is 2.17. The molecule has 0 unspecified atom stereocenters. The Morgan fingerprint density at radius 1 is 1.46 bits per heavy atom. The van der Waals surface area contributed by atoms with Gasteiger partial charge in [-0.1, -0.05) is 15.9 Å². The smallest absolute Gasteiger partial charge is 0.137 e. The van der Waals surface area contributed by atoms with Crippen LogP contribution in [-0.2, 0) is 0 Å². The number of hydrogen-bond donors (Lipinski definition) is 1. The third-order valence-electron chi connectivity index (χ3n) is 1.80. The predicted octanol–water partition coefficient (Wildman–Crippen LogP) is 3.38. The van der Waals surface area contributed by atoms with Crippen molar-refractivity contribution < 1.29 is 9.84 Å². The molecule has 68 valence electrons. The van der Waals surface area contributed by atoms with Gasteiger partial charge in [-0.3, -0.25) is 0 Å². The van der Waals surface area contributed by atoms with Crippen LogP contribution in [0, 0.1) is 0 Å². The van der Waals surface area contributed by atoms with Crippen molar-refractivity contribution in [3.05, 3.63) is 22.0 Å². The van der Waals surface area contributed by atoms with Gasteiger partial charge in [0.1, 0.15) is 11.5 Å². The van der Waals surface area contributed by atoms with Crippen LogP contribution in [0.4, 0.5) is 0 Å². The molecule has 0 saturated carbocycles. The minimum Gasteiger partial charge on any atom is -0.506 e. The maximum atomic E-state index is 9.59. The van der Waals surface area contributed by atoms with Crippen LogP contribution in [0.25, 0.3) is 10.1 Å². The van der Waals surface area contributed by atoms with Crippen LogP contribution in [0.5, 0.6) is 11.5 Å². The van der Waals surface area contributed by atoms with Crippen LogP contribution in [0.3, 0.4) is 0 Å². The van der Waals surface area contributed by atoms with Gasteiger partial charge in [0.25, 0.3) is 0 Å². The summed E-state index contributed by atoms with van der Waals surface area (Å²) in [6.45, 7) is 0. The van der Waals surface area contributed by atoms with Crippen LogP contribution in [0.2, 0.25) is 0 Å². The second-order valence-electron chi connectivity index (χ2n) is 2.61. The Morgan fingerprint density at radius 2 is 2.23 bits per heavy atom. The molecule has 1 heterocycles. The average Bonchev–Trinajstić information content (AvgIpc) is 2.47. The Morgan fingerprint density at radius 3 is 2.92 bits per heavy atom. The van der Waals surface area contributed by atoms with Gasteiger partial charge in [0.15, 0.2) is 0 Å². The maximum absolute atomic E-state index is 9.59. The quantitative estimate of drug-likeness (QED) is 0.850. The molecule has 0 amide bonds. The van der Waals surface area contributed by atoms with Crippen molar-refractivity contribution in [3.8, 4) is 11.5 Å². The van der Waals surface area contributed by atoms with Gasteiger partial charge in [-0.2, -0.15) is 0 Å². The third kappa shape index (κ3) is 1.40. The van der Waals surface area contributed by atoms with Crippen LogP contribution in [0.1, 0.15) is 0 Å². The van der Waals surface area contributed by atoms with Crippen molar-refractivity contribution in [3.63, 3.8) is 0 Å². The van der Waals surface area contributed by atoms with E-state index in [1.807, 2.05) is 11.4 Å². The lowest BCUT2D eigenvalue weighted by atomic mass is 10.2. The molecule has 0 spiro atoms. The second-order valence-corrected chi connectivity index (χ2v) is 4.40. The number of methoxy groups -OCH3 is 1. The summed E-state index contributed by atoms with van der Waals surface area (Å²) in [5, 5.41) is 12.4. The largest absolute Gasteiger partial charge is 0.506 e. The van der Waals surface area contributed by atoms with Gasteiger partial charge in [-0.05, 0) is 12.1 Å². The van der Waals surface area contributed by atoms with Crippen LogP contribution >= 0.6 is 27.3 Å². The maximum Gasteiger partial charge on any atom is 0.137 e. The Hall–Kier alpha value is -0.740. The van der Waals surface area contributed by atoms with Crippen LogP contribution in [0.15, 0.2) is 22.0 Å². The lowest BCUT2D eigenvalue weighted by Gasteiger charge is -1.99. The van der Waals surface area contributed by atoms with E-state index in [-0.39, 0.29) is 5.75 Å². The molecular formula is C9H7BrO2S. The summed E-state index contributed by atoms with van der Waals surface area (Å²) in [4.78, 5) is 0. The highest BCUT2D eigenvalue weighted by molar-refractivity contribution is 9.10. The van der Waals surface area contributed by atoms with Gasteiger partial charge >= 0.3 is 0 Å². The number of phenols is 1. The van der Waals surface area contributed by atoms with Crippen molar-refractivity contribution in [2.24, 2.45) is 0 Å². The molecule has 2 nitrogen and oxygen atoms in total. The normalized spacial score (nSPS) is 10.6. The van der Waals surface area contributed by atoms with E-state index in [9.17, 15) is 5.11 Å². The molecule has 0 aliphatic rings. The lowest BCUT2D eigenvalue weighted by Crippen LogP contribution is -1.79. The number of thiophene rings is 1. The van der Waals surface area contributed by atoms with Gasteiger partial charge in [-0.25, -0.2) is 0 Å². The highest BCUT2D eigenvalue weighted by Crippen LogP contribution is 2.39. The van der Waals surface area contributed by atoms with E-state index >= 15 is 0 Å². The Labute approximate surface area is 87.9 Å². The molecular weight excluding hydrogens is 252 g/mol. The fraction of sp³-hybridized carbons (Fsp3) is 0.111. The molecule has 0 bridgehead atoms. The third-order valence-corrected chi connectivity index (χ3v) is 3.26. The summed E-state index contributed by atoms with van der Waals surface area (Å²) in [5.74, 6) is 1.09.